The molecule has 0 unspecified atom stereocenters. The zero-order valence-electron chi connectivity index (χ0n) is 34.6. The summed E-state index contributed by atoms with van der Waals surface area (Å²) in [5.74, 6) is -1.26. The van der Waals surface area contributed by atoms with E-state index in [0.29, 0.717) is 62.0 Å². The highest BCUT2D eigenvalue weighted by Crippen LogP contribution is 2.29. The van der Waals surface area contributed by atoms with Crippen molar-refractivity contribution >= 4 is 49.0 Å². The molecule has 4 atom stereocenters. The first kappa shape index (κ1) is 48.7. The molecule has 0 saturated heterocycles. The minimum Gasteiger partial charge on any atom is -0.466 e. The van der Waals surface area contributed by atoms with Crippen LogP contribution in [-0.4, -0.2) is 74.0 Å². The molecule has 0 amide bonds. The molecule has 0 aliphatic rings. The van der Waals surface area contributed by atoms with Gasteiger partial charge in [0.15, 0.2) is 0 Å². The van der Waals surface area contributed by atoms with Crippen LogP contribution in [0.2, 0.25) is 36.3 Å². The van der Waals surface area contributed by atoms with Crippen LogP contribution in [-0.2, 0) is 36.6 Å². The van der Waals surface area contributed by atoms with Gasteiger partial charge < -0.3 is 29.4 Å². The Balaban J connectivity index is 0.000000311. The maximum Gasteiger partial charge on any atom is 0.311 e. The Morgan fingerprint density at radius 3 is 1.38 bits per heavy atom. The third kappa shape index (κ3) is 17.7. The van der Waals surface area contributed by atoms with Crippen LogP contribution in [0.5, 0.6) is 0 Å². The Bertz CT molecular complexity index is 1790. The van der Waals surface area contributed by atoms with Crippen molar-refractivity contribution in [3.8, 4) is 22.3 Å². The van der Waals surface area contributed by atoms with Gasteiger partial charge in [-0.25, -0.2) is 0 Å². The summed E-state index contributed by atoms with van der Waals surface area (Å²) in [7, 11) is 0. The lowest BCUT2D eigenvalue weighted by molar-refractivity contribution is -0.151. The molecule has 3 N–H and O–H groups in total. The zero-order valence-corrected chi connectivity index (χ0v) is 36.1. The number of rotatable bonds is 22. The predicted octanol–water partition coefficient (Wildman–Crippen LogP) is 9.73. The molecular weight excluding hydrogens is 773 g/mol. The lowest BCUT2D eigenvalue weighted by atomic mass is 9.62. The molecule has 58 heavy (non-hydrogen) atoms. The predicted molar refractivity (Wildman–Crippen MR) is 239 cm³/mol. The second-order valence-electron chi connectivity index (χ2n) is 14.9. The third-order valence-corrected chi connectivity index (χ3v) is 10.3. The Morgan fingerprint density at radius 1 is 0.603 bits per heavy atom. The lowest BCUT2D eigenvalue weighted by Crippen LogP contribution is -2.27. The van der Waals surface area contributed by atoms with Gasteiger partial charge >= 0.3 is 11.9 Å². The summed E-state index contributed by atoms with van der Waals surface area (Å²) in [6.45, 7) is 9.40. The van der Waals surface area contributed by atoms with E-state index in [1.165, 1.54) is 5.56 Å². The highest BCUT2D eigenvalue weighted by molar-refractivity contribution is 6.48. The van der Waals surface area contributed by atoms with Gasteiger partial charge in [0.2, 0.25) is 0 Å². The molecule has 8 nitrogen and oxygen atoms in total. The fourth-order valence-electron chi connectivity index (χ4n) is 7.22. The first-order chi connectivity index (χ1) is 27.8. The number of carbonyl (C=O) groups excluding carboxylic acids is 2. The van der Waals surface area contributed by atoms with Crippen LogP contribution < -0.4 is 0 Å². The molecule has 12 heteroatoms. The molecule has 0 spiro atoms. The van der Waals surface area contributed by atoms with Gasteiger partial charge in [0, 0.05) is 16.7 Å². The van der Waals surface area contributed by atoms with Crippen molar-refractivity contribution < 1.29 is 39.0 Å². The van der Waals surface area contributed by atoms with Crippen LogP contribution in [0, 0.1) is 23.7 Å². The number of aliphatic hydroxyl groups excluding tert-OH is 1. The van der Waals surface area contributed by atoms with Crippen molar-refractivity contribution in [3.05, 3.63) is 118 Å². The standard InChI is InChI=1S/C24H32BClO4.C22H28BClO4/c1-4-29-17-22(24(27)30-5-2)14-19(16-25(3)28)13-18-9-11-20(12-10-18)21-7-6-8-23(26)15-21;1-3-28-22(26)20(15-25)12-17(14-23(2)27)11-16-7-9-18(10-8-16)19-5-4-6-21(24)13-19/h6-12,15,19,22,28H,4-5,13-14,16-17H2,1-3H3;4-10,13,17,20,25,27H,3,11-12,14-15H2,1-2H3/t19-,22+;17-,20+/m11/s1. The molecule has 0 radical (unpaired) electrons. The van der Waals surface area contributed by atoms with Gasteiger partial charge in [-0.1, -0.05) is 110 Å². The van der Waals surface area contributed by atoms with Crippen LogP contribution in [0.1, 0.15) is 44.7 Å². The normalized spacial score (nSPS) is 13.0. The van der Waals surface area contributed by atoms with Gasteiger partial charge in [-0.3, -0.25) is 9.59 Å². The summed E-state index contributed by atoms with van der Waals surface area (Å²) in [6.07, 6.45) is 3.79. The lowest BCUT2D eigenvalue weighted by Gasteiger charge is -2.23. The number of halogens is 2. The van der Waals surface area contributed by atoms with E-state index < -0.39 is 19.7 Å². The Kier molecular flexibility index (Phi) is 22.2. The van der Waals surface area contributed by atoms with Crippen LogP contribution in [0.15, 0.2) is 97.1 Å². The number of hydrogen-bond donors (Lipinski definition) is 3. The fourth-order valence-corrected chi connectivity index (χ4v) is 7.60. The number of benzene rings is 4. The van der Waals surface area contributed by atoms with Crippen molar-refractivity contribution in [3.63, 3.8) is 0 Å². The van der Waals surface area contributed by atoms with E-state index in [9.17, 15) is 24.7 Å². The number of aliphatic hydroxyl groups is 1. The van der Waals surface area contributed by atoms with E-state index in [4.69, 9.17) is 37.4 Å². The largest absolute Gasteiger partial charge is 0.466 e. The Hall–Kier alpha value is -3.63. The number of ether oxygens (including phenoxy) is 3. The second-order valence-corrected chi connectivity index (χ2v) is 15.8. The molecule has 4 rings (SSSR count). The molecule has 0 fully saturated rings. The smallest absolute Gasteiger partial charge is 0.311 e. The Labute approximate surface area is 356 Å². The fraction of sp³-hybridized carbons (Fsp3) is 0.435. The summed E-state index contributed by atoms with van der Waals surface area (Å²) >= 11 is 12.2. The average Bonchev–Trinajstić information content (AvgIpc) is 3.19. The number of hydrogen-bond acceptors (Lipinski definition) is 8. The van der Waals surface area contributed by atoms with Crippen LogP contribution in [0.3, 0.4) is 0 Å². The third-order valence-electron chi connectivity index (χ3n) is 9.84. The van der Waals surface area contributed by atoms with Gasteiger partial charge in [0.05, 0.1) is 38.3 Å². The summed E-state index contributed by atoms with van der Waals surface area (Å²) in [5.41, 5.74) is 6.62. The summed E-state index contributed by atoms with van der Waals surface area (Å²) in [5, 5.41) is 30.8. The first-order valence-electron chi connectivity index (χ1n) is 20.4. The van der Waals surface area contributed by atoms with Crippen LogP contribution in [0.4, 0.5) is 0 Å². The van der Waals surface area contributed by atoms with Crippen LogP contribution >= 0.6 is 23.2 Å². The van der Waals surface area contributed by atoms with E-state index in [1.54, 1.807) is 20.6 Å². The molecule has 0 saturated carbocycles. The van der Waals surface area contributed by atoms with E-state index in [1.807, 2.05) is 62.4 Å². The molecule has 0 aliphatic carbocycles. The molecule has 0 aliphatic heterocycles. The van der Waals surface area contributed by atoms with Crippen molar-refractivity contribution in [2.45, 2.75) is 72.7 Å². The molecule has 4 aromatic carbocycles. The van der Waals surface area contributed by atoms with E-state index in [-0.39, 0.29) is 36.3 Å². The van der Waals surface area contributed by atoms with Gasteiger partial charge in [0.25, 0.3) is 13.8 Å². The summed E-state index contributed by atoms with van der Waals surface area (Å²) < 4.78 is 15.8. The highest BCUT2D eigenvalue weighted by Gasteiger charge is 2.27. The topological polar surface area (TPSA) is 123 Å². The van der Waals surface area contributed by atoms with Crippen molar-refractivity contribution in [2.24, 2.45) is 23.7 Å². The zero-order chi connectivity index (χ0) is 42.5. The molecule has 0 aromatic heterocycles. The summed E-state index contributed by atoms with van der Waals surface area (Å²) in [6, 6.07) is 32.1. The van der Waals surface area contributed by atoms with Gasteiger partial charge in [-0.2, -0.15) is 0 Å². The average molecular weight is 834 g/mol. The van der Waals surface area contributed by atoms with Crippen molar-refractivity contribution in [2.75, 3.05) is 33.0 Å². The molecular formula is C46H60B2Cl2O8. The summed E-state index contributed by atoms with van der Waals surface area (Å²) in [4.78, 5) is 24.4. The van der Waals surface area contributed by atoms with Crippen LogP contribution in [0.25, 0.3) is 22.3 Å². The maximum atomic E-state index is 12.4. The quantitative estimate of drug-likeness (QED) is 0.0529. The molecule has 4 aromatic rings. The second kappa shape index (κ2) is 26.5. The van der Waals surface area contributed by atoms with E-state index in [2.05, 4.69) is 48.5 Å². The van der Waals surface area contributed by atoms with Crippen molar-refractivity contribution in [1.82, 2.24) is 0 Å². The highest BCUT2D eigenvalue weighted by atomic mass is 35.5. The maximum absolute atomic E-state index is 12.4. The SMILES string of the molecule is CCOC(=O)[C@H](CO)C[C@H](CB(C)O)Cc1ccc(-c2cccc(Cl)c2)cc1.CCOC[C@H](C[C@H](CB(C)O)Cc1ccc(-c2cccc(Cl)c2)cc1)C(=O)OCC. The molecule has 0 heterocycles. The van der Waals surface area contributed by atoms with Crippen molar-refractivity contribution in [1.29, 1.82) is 0 Å². The molecule has 312 valence electrons. The van der Waals surface area contributed by atoms with E-state index >= 15 is 0 Å². The van der Waals surface area contributed by atoms with E-state index in [0.717, 1.165) is 40.7 Å². The first-order valence-corrected chi connectivity index (χ1v) is 21.2. The minimum absolute atomic E-state index is 0.0681. The monoisotopic (exact) mass is 832 g/mol. The minimum atomic E-state index is -0.561. The Morgan fingerprint density at radius 2 is 1.02 bits per heavy atom. The number of carbonyl (C=O) groups is 2. The van der Waals surface area contributed by atoms with Gasteiger partial charge in [-0.05, 0) is 129 Å². The van der Waals surface area contributed by atoms with Gasteiger partial charge in [0.1, 0.15) is 0 Å². The molecule has 0 bridgehead atoms. The number of esters is 2. The van der Waals surface area contributed by atoms with Gasteiger partial charge in [-0.15, -0.1) is 0 Å².